The molecule has 2 aromatic rings. The predicted octanol–water partition coefficient (Wildman–Crippen LogP) is 3.17. The number of hydrogen-bond acceptors (Lipinski definition) is 2. The van der Waals surface area contributed by atoms with Gasteiger partial charge in [0, 0.05) is 17.0 Å². The third kappa shape index (κ3) is 3.86. The Labute approximate surface area is 130 Å². The highest BCUT2D eigenvalue weighted by atomic mass is 127. The molecule has 0 radical (unpaired) electrons. The predicted molar refractivity (Wildman–Crippen MR) is 90.0 cm³/mol. The number of aryl methyl sites for hydroxylation is 1. The van der Waals surface area contributed by atoms with E-state index in [1.807, 2.05) is 39.0 Å². The van der Waals surface area contributed by atoms with Crippen LogP contribution in [0.15, 0.2) is 33.7 Å². The number of aliphatic imine (C=N–C) groups is 1. The van der Waals surface area contributed by atoms with Crippen LogP contribution in [0.5, 0.6) is 0 Å². The monoisotopic (exact) mass is 373 g/mol. The minimum Gasteiger partial charge on any atom is -0.459 e. The highest BCUT2D eigenvalue weighted by Gasteiger charge is 2.09. The molecule has 0 unspecified atom stereocenters. The molecule has 3 N–H and O–H groups in total. The van der Waals surface area contributed by atoms with E-state index in [0.717, 1.165) is 22.3 Å². The number of fused-ring (bicyclic) bond motifs is 1. The first kappa shape index (κ1) is 15.8. The maximum Gasteiger partial charge on any atom is 0.189 e. The van der Waals surface area contributed by atoms with Crippen molar-refractivity contribution in [2.75, 3.05) is 0 Å². The smallest absolute Gasteiger partial charge is 0.189 e. The maximum atomic E-state index is 5.76. The fourth-order valence-corrected chi connectivity index (χ4v) is 1.87. The molecule has 4 nitrogen and oxygen atoms in total. The van der Waals surface area contributed by atoms with Crippen molar-refractivity contribution in [1.29, 1.82) is 0 Å². The van der Waals surface area contributed by atoms with Gasteiger partial charge in [0.05, 0.1) is 0 Å². The highest BCUT2D eigenvalue weighted by molar-refractivity contribution is 14.0. The van der Waals surface area contributed by atoms with Crippen LogP contribution in [0, 0.1) is 6.92 Å². The van der Waals surface area contributed by atoms with Gasteiger partial charge in [-0.05, 0) is 26.8 Å². The Balaban J connectivity index is 0.00000180. The lowest BCUT2D eigenvalue weighted by Crippen LogP contribution is -2.36. The molecule has 0 amide bonds. The van der Waals surface area contributed by atoms with E-state index in [9.17, 15) is 0 Å². The second-order valence-corrected chi connectivity index (χ2v) is 4.65. The summed E-state index contributed by atoms with van der Waals surface area (Å²) < 4.78 is 5.76. The SMILES string of the molecule is Cc1c(CN=C(N)NC(C)C)oc2ccccc12.I. The van der Waals surface area contributed by atoms with Gasteiger partial charge in [0.2, 0.25) is 0 Å². The average molecular weight is 373 g/mol. The van der Waals surface area contributed by atoms with Gasteiger partial charge in [-0.1, -0.05) is 18.2 Å². The molecule has 0 aliphatic heterocycles. The lowest BCUT2D eigenvalue weighted by molar-refractivity contribution is 0.548. The van der Waals surface area contributed by atoms with Crippen LogP contribution in [0.2, 0.25) is 0 Å². The molecule has 0 fully saturated rings. The van der Waals surface area contributed by atoms with Gasteiger partial charge in [0.1, 0.15) is 17.9 Å². The van der Waals surface area contributed by atoms with Crippen LogP contribution in [0.25, 0.3) is 11.0 Å². The Hall–Kier alpha value is -1.24. The van der Waals surface area contributed by atoms with Crippen LogP contribution in [0.3, 0.4) is 0 Å². The van der Waals surface area contributed by atoms with E-state index >= 15 is 0 Å². The Morgan fingerprint density at radius 2 is 2.05 bits per heavy atom. The normalized spacial score (nSPS) is 11.7. The van der Waals surface area contributed by atoms with Gasteiger partial charge in [-0.2, -0.15) is 0 Å². The Kier molecular flexibility index (Phi) is 5.65. The summed E-state index contributed by atoms with van der Waals surface area (Å²) in [6.45, 7) is 6.55. The number of nitrogens with two attached hydrogens (primary N) is 1. The van der Waals surface area contributed by atoms with Gasteiger partial charge in [0.25, 0.3) is 0 Å². The highest BCUT2D eigenvalue weighted by Crippen LogP contribution is 2.25. The third-order valence-electron chi connectivity index (χ3n) is 2.77. The van der Waals surface area contributed by atoms with Gasteiger partial charge >= 0.3 is 0 Å². The number of rotatable bonds is 3. The number of hydrogen-bond donors (Lipinski definition) is 2. The molecule has 104 valence electrons. The van der Waals surface area contributed by atoms with E-state index in [1.165, 1.54) is 0 Å². The van der Waals surface area contributed by atoms with Crippen LogP contribution in [-0.4, -0.2) is 12.0 Å². The van der Waals surface area contributed by atoms with E-state index in [2.05, 4.69) is 16.4 Å². The van der Waals surface area contributed by atoms with Gasteiger partial charge < -0.3 is 15.5 Å². The maximum absolute atomic E-state index is 5.76. The summed E-state index contributed by atoms with van der Waals surface area (Å²) in [6.07, 6.45) is 0. The molecule has 0 saturated carbocycles. The summed E-state index contributed by atoms with van der Waals surface area (Å²) in [7, 11) is 0. The molecule has 1 heterocycles. The summed E-state index contributed by atoms with van der Waals surface area (Å²) in [5.74, 6) is 1.31. The standard InChI is InChI=1S/C14H19N3O.HI/c1-9(2)17-14(15)16-8-13-10(3)11-6-4-5-7-12(11)18-13;/h4-7,9H,8H2,1-3H3,(H3,15,16,17);1H. The number of furan rings is 1. The molecule has 0 aliphatic rings. The third-order valence-corrected chi connectivity index (χ3v) is 2.77. The first-order valence-electron chi connectivity index (χ1n) is 6.11. The summed E-state index contributed by atoms with van der Waals surface area (Å²) in [5, 5.41) is 4.19. The van der Waals surface area contributed by atoms with Gasteiger partial charge in [0.15, 0.2) is 5.96 Å². The van der Waals surface area contributed by atoms with Crippen LogP contribution < -0.4 is 11.1 Å². The zero-order valence-corrected chi connectivity index (χ0v) is 13.8. The van der Waals surface area contributed by atoms with E-state index in [4.69, 9.17) is 10.2 Å². The van der Waals surface area contributed by atoms with E-state index in [-0.39, 0.29) is 30.0 Å². The fourth-order valence-electron chi connectivity index (χ4n) is 1.87. The van der Waals surface area contributed by atoms with Gasteiger partial charge in [-0.3, -0.25) is 0 Å². The zero-order chi connectivity index (χ0) is 13.1. The zero-order valence-electron chi connectivity index (χ0n) is 11.4. The van der Waals surface area contributed by atoms with Crippen LogP contribution >= 0.6 is 24.0 Å². The topological polar surface area (TPSA) is 63.5 Å². The van der Waals surface area contributed by atoms with Gasteiger partial charge in [-0.15, -0.1) is 24.0 Å². The molecule has 1 aromatic carbocycles. The Morgan fingerprint density at radius 3 is 2.68 bits per heavy atom. The molecular formula is C14H20IN3O. The van der Waals surface area contributed by atoms with Crippen molar-refractivity contribution in [3.05, 3.63) is 35.6 Å². The Bertz CT molecular complexity index is 575. The second-order valence-electron chi connectivity index (χ2n) is 4.65. The van der Waals surface area contributed by atoms with Crippen LogP contribution in [0.4, 0.5) is 0 Å². The molecule has 2 rings (SSSR count). The molecule has 0 aliphatic carbocycles. The molecule has 5 heteroatoms. The first-order valence-corrected chi connectivity index (χ1v) is 6.11. The summed E-state index contributed by atoms with van der Waals surface area (Å²) in [5.41, 5.74) is 7.79. The number of para-hydroxylation sites is 1. The van der Waals surface area contributed by atoms with Crippen LogP contribution in [-0.2, 0) is 6.54 Å². The molecule has 0 saturated heterocycles. The Morgan fingerprint density at radius 1 is 1.37 bits per heavy atom. The van der Waals surface area contributed by atoms with Crippen molar-refractivity contribution in [2.45, 2.75) is 33.4 Å². The van der Waals surface area contributed by atoms with Crippen LogP contribution in [0.1, 0.15) is 25.2 Å². The van der Waals surface area contributed by atoms with Gasteiger partial charge in [-0.25, -0.2) is 4.99 Å². The largest absolute Gasteiger partial charge is 0.459 e. The fraction of sp³-hybridized carbons (Fsp3) is 0.357. The molecule has 0 bridgehead atoms. The number of halogens is 1. The molecule has 0 atom stereocenters. The van der Waals surface area contributed by atoms with Crippen molar-refractivity contribution in [3.63, 3.8) is 0 Å². The summed E-state index contributed by atoms with van der Waals surface area (Å²) in [4.78, 5) is 4.28. The lowest BCUT2D eigenvalue weighted by atomic mass is 10.1. The number of nitrogens with one attached hydrogen (secondary N) is 1. The average Bonchev–Trinajstić information content (AvgIpc) is 2.64. The quantitative estimate of drug-likeness (QED) is 0.494. The van der Waals surface area contributed by atoms with Crippen molar-refractivity contribution in [2.24, 2.45) is 10.7 Å². The number of nitrogens with zero attached hydrogens (tertiary/aromatic N) is 1. The molecule has 19 heavy (non-hydrogen) atoms. The molecule has 0 spiro atoms. The first-order chi connectivity index (χ1) is 8.58. The van der Waals surface area contributed by atoms with Crippen molar-refractivity contribution >= 4 is 40.9 Å². The molecular weight excluding hydrogens is 353 g/mol. The van der Waals surface area contributed by atoms with Crippen molar-refractivity contribution in [3.8, 4) is 0 Å². The minimum absolute atomic E-state index is 0. The summed E-state index contributed by atoms with van der Waals surface area (Å²) >= 11 is 0. The second kappa shape index (κ2) is 6.79. The lowest BCUT2D eigenvalue weighted by Gasteiger charge is -2.07. The summed E-state index contributed by atoms with van der Waals surface area (Å²) in [6, 6.07) is 8.27. The minimum atomic E-state index is 0. The number of benzene rings is 1. The van der Waals surface area contributed by atoms with E-state index < -0.39 is 0 Å². The van der Waals surface area contributed by atoms with Crippen molar-refractivity contribution in [1.82, 2.24) is 5.32 Å². The molecule has 1 aromatic heterocycles. The number of guanidine groups is 1. The van der Waals surface area contributed by atoms with Crippen molar-refractivity contribution < 1.29 is 4.42 Å². The van der Waals surface area contributed by atoms with E-state index in [1.54, 1.807) is 0 Å². The van der Waals surface area contributed by atoms with E-state index in [0.29, 0.717) is 12.5 Å².